The average Bonchev–Trinajstić information content (AvgIpc) is 2.82. The molecule has 16 N–H and O–H groups in total. The van der Waals surface area contributed by atoms with Gasteiger partial charge in [0.25, 0.3) is 0 Å². The van der Waals surface area contributed by atoms with Crippen LogP contribution in [0, 0.1) is 0 Å². The van der Waals surface area contributed by atoms with E-state index in [1.807, 2.05) is 0 Å². The topological polar surface area (TPSA) is 327 Å². The van der Waals surface area contributed by atoms with E-state index in [-0.39, 0.29) is 38.2 Å². The number of guanidine groups is 1. The molecule has 0 fully saturated rings. The minimum atomic E-state index is -1.58. The van der Waals surface area contributed by atoms with E-state index in [1.54, 1.807) is 0 Å². The summed E-state index contributed by atoms with van der Waals surface area (Å²) >= 11 is 0. The monoisotopic (exact) mass is 544 g/mol. The fourth-order valence-electron chi connectivity index (χ4n) is 3.19. The molecule has 0 rings (SSSR count). The molecule has 216 valence electrons. The molecule has 0 radical (unpaired) electrons. The molecule has 0 aliphatic carbocycles. The molecule has 0 aliphatic heterocycles. The summed E-state index contributed by atoms with van der Waals surface area (Å²) in [5.74, 6) is -5.90. The lowest BCUT2D eigenvalue weighted by atomic mass is 10.1. The summed E-state index contributed by atoms with van der Waals surface area (Å²) in [6, 6.07) is -5.27. The Morgan fingerprint density at radius 2 is 1.29 bits per heavy atom. The Bertz CT molecular complexity index is 863. The third-order valence-corrected chi connectivity index (χ3v) is 5.22. The Balaban J connectivity index is 5.50. The second kappa shape index (κ2) is 18.3. The molecule has 0 bridgehead atoms. The molecule has 0 aromatic rings. The fourth-order valence-corrected chi connectivity index (χ4v) is 3.19. The van der Waals surface area contributed by atoms with Crippen LogP contribution in [0.1, 0.15) is 51.4 Å². The fraction of sp³-hybridized carbons (Fsp3) is 0.667. The van der Waals surface area contributed by atoms with Crippen molar-refractivity contribution < 1.29 is 33.9 Å². The number of unbranched alkanes of at least 4 members (excludes halogenated alkanes) is 1. The van der Waals surface area contributed by atoms with Crippen LogP contribution in [0.25, 0.3) is 0 Å². The number of amides is 5. The van der Waals surface area contributed by atoms with Crippen molar-refractivity contribution in [3.63, 3.8) is 0 Å². The van der Waals surface area contributed by atoms with E-state index in [9.17, 15) is 33.9 Å². The molecule has 17 heteroatoms. The summed E-state index contributed by atoms with van der Waals surface area (Å²) in [5, 5.41) is 16.3. The first kappa shape index (κ1) is 34.0. The largest absolute Gasteiger partial charge is 0.480 e. The number of nitrogens with two attached hydrogens (primary N) is 6. The highest BCUT2D eigenvalue weighted by atomic mass is 16.4. The van der Waals surface area contributed by atoms with Gasteiger partial charge in [-0.3, -0.25) is 29.0 Å². The predicted octanol–water partition coefficient (Wildman–Crippen LogP) is -4.82. The highest BCUT2D eigenvalue weighted by Crippen LogP contribution is 2.05. The maximum atomic E-state index is 12.9. The van der Waals surface area contributed by atoms with Crippen molar-refractivity contribution in [2.24, 2.45) is 39.4 Å². The van der Waals surface area contributed by atoms with Gasteiger partial charge in [0, 0.05) is 13.0 Å². The quantitative estimate of drug-likeness (QED) is 0.0393. The highest BCUT2D eigenvalue weighted by molar-refractivity contribution is 5.96. The van der Waals surface area contributed by atoms with Gasteiger partial charge >= 0.3 is 5.97 Å². The van der Waals surface area contributed by atoms with Crippen molar-refractivity contribution in [3.8, 4) is 0 Å². The Labute approximate surface area is 219 Å². The number of primary amides is 2. The second-order valence-corrected chi connectivity index (χ2v) is 8.54. The summed E-state index contributed by atoms with van der Waals surface area (Å²) in [4.78, 5) is 76.3. The number of carboxylic acid groups (broad SMARTS) is 1. The van der Waals surface area contributed by atoms with Crippen molar-refractivity contribution in [2.75, 3.05) is 13.1 Å². The van der Waals surface area contributed by atoms with Crippen LogP contribution in [0.4, 0.5) is 0 Å². The van der Waals surface area contributed by atoms with Gasteiger partial charge in [-0.2, -0.15) is 0 Å². The standard InChI is InChI=1S/C21H40N10O7/c22-8-2-1-4-11(23)17(34)29-12(6-7-15(24)32)18(35)31-14(10-16(25)33)19(36)30-13(20(37)38)5-3-9-28-21(26)27/h11-14H,1-10,22-23H2,(H2,24,32)(H2,25,33)(H,29,34)(H,30,36)(H,31,35)(H,37,38)(H4,26,27,28). The second-order valence-electron chi connectivity index (χ2n) is 8.54. The summed E-state index contributed by atoms with van der Waals surface area (Å²) in [6.45, 7) is 0.527. The van der Waals surface area contributed by atoms with Crippen LogP contribution in [-0.2, 0) is 28.8 Å². The molecule has 0 aromatic heterocycles. The highest BCUT2D eigenvalue weighted by Gasteiger charge is 2.31. The van der Waals surface area contributed by atoms with Crippen LogP contribution >= 0.6 is 0 Å². The Morgan fingerprint density at radius 1 is 0.711 bits per heavy atom. The van der Waals surface area contributed by atoms with Gasteiger partial charge in [-0.05, 0) is 38.6 Å². The number of nitrogens with one attached hydrogen (secondary N) is 3. The van der Waals surface area contributed by atoms with E-state index in [0.717, 1.165) is 0 Å². The molecular formula is C21H40N10O7. The lowest BCUT2D eigenvalue weighted by molar-refractivity contribution is -0.142. The van der Waals surface area contributed by atoms with Crippen molar-refractivity contribution in [2.45, 2.75) is 75.5 Å². The van der Waals surface area contributed by atoms with Gasteiger partial charge in [0.1, 0.15) is 18.1 Å². The maximum Gasteiger partial charge on any atom is 0.326 e. The van der Waals surface area contributed by atoms with Crippen LogP contribution in [0.2, 0.25) is 0 Å². The molecule has 38 heavy (non-hydrogen) atoms. The number of carbonyl (C=O) groups excluding carboxylic acids is 5. The maximum absolute atomic E-state index is 12.9. The number of carbonyl (C=O) groups is 6. The van der Waals surface area contributed by atoms with Crippen LogP contribution in [0.3, 0.4) is 0 Å². The SMILES string of the molecule is NCCCCC(N)C(=O)NC(CCC(N)=O)C(=O)NC(CC(N)=O)C(=O)NC(CCCN=C(N)N)C(=O)O. The molecule has 0 saturated carbocycles. The van der Waals surface area contributed by atoms with Crippen molar-refractivity contribution in [1.29, 1.82) is 0 Å². The number of hydrogen-bond acceptors (Lipinski definition) is 9. The number of carboxylic acids is 1. The number of nitrogens with zero attached hydrogens (tertiary/aromatic N) is 1. The minimum Gasteiger partial charge on any atom is -0.480 e. The lowest BCUT2D eigenvalue weighted by Gasteiger charge is -2.24. The zero-order valence-electron chi connectivity index (χ0n) is 21.2. The van der Waals surface area contributed by atoms with Gasteiger partial charge in [-0.1, -0.05) is 6.42 Å². The molecule has 4 unspecified atom stereocenters. The van der Waals surface area contributed by atoms with E-state index in [2.05, 4.69) is 20.9 Å². The third-order valence-electron chi connectivity index (χ3n) is 5.22. The summed E-state index contributed by atoms with van der Waals surface area (Å²) in [5.41, 5.74) is 32.0. The van der Waals surface area contributed by atoms with Crippen molar-refractivity contribution in [1.82, 2.24) is 16.0 Å². The number of aliphatic carboxylic acids is 1. The predicted molar refractivity (Wildman–Crippen MR) is 136 cm³/mol. The van der Waals surface area contributed by atoms with Crippen molar-refractivity contribution in [3.05, 3.63) is 0 Å². The van der Waals surface area contributed by atoms with Crippen LogP contribution in [-0.4, -0.2) is 83.8 Å². The van der Waals surface area contributed by atoms with Gasteiger partial charge in [-0.15, -0.1) is 0 Å². The first-order valence-corrected chi connectivity index (χ1v) is 12.0. The normalized spacial score (nSPS) is 13.7. The minimum absolute atomic E-state index is 0.0611. The van der Waals surface area contributed by atoms with Gasteiger partial charge in [0.05, 0.1) is 12.5 Å². The van der Waals surface area contributed by atoms with E-state index in [0.29, 0.717) is 25.8 Å². The molecule has 0 spiro atoms. The van der Waals surface area contributed by atoms with E-state index in [4.69, 9.17) is 34.4 Å². The van der Waals surface area contributed by atoms with Gasteiger partial charge < -0.3 is 55.5 Å². The van der Waals surface area contributed by atoms with Crippen LogP contribution < -0.4 is 50.4 Å². The molecule has 0 saturated heterocycles. The number of rotatable bonds is 20. The Hall–Kier alpha value is -3.99. The van der Waals surface area contributed by atoms with Gasteiger partial charge in [0.2, 0.25) is 29.5 Å². The van der Waals surface area contributed by atoms with Crippen LogP contribution in [0.15, 0.2) is 4.99 Å². The molecule has 4 atom stereocenters. The zero-order chi connectivity index (χ0) is 29.3. The zero-order valence-corrected chi connectivity index (χ0v) is 21.2. The van der Waals surface area contributed by atoms with Crippen LogP contribution in [0.5, 0.6) is 0 Å². The molecule has 0 heterocycles. The molecule has 0 aliphatic rings. The smallest absolute Gasteiger partial charge is 0.326 e. The molecule has 0 aromatic carbocycles. The molecular weight excluding hydrogens is 504 g/mol. The van der Waals surface area contributed by atoms with Gasteiger partial charge in [-0.25, -0.2) is 4.79 Å². The number of hydrogen-bond donors (Lipinski definition) is 10. The number of aliphatic imine (C=N–C) groups is 1. The van der Waals surface area contributed by atoms with E-state index < -0.39 is 66.1 Å². The summed E-state index contributed by atoms with van der Waals surface area (Å²) in [6.07, 6.45) is 0.457. The Kier molecular flexibility index (Phi) is 16.4. The van der Waals surface area contributed by atoms with Crippen molar-refractivity contribution >= 4 is 41.5 Å². The molecule has 5 amide bonds. The lowest BCUT2D eigenvalue weighted by Crippen LogP contribution is -2.57. The average molecular weight is 545 g/mol. The molecule has 17 nitrogen and oxygen atoms in total. The first-order valence-electron chi connectivity index (χ1n) is 12.0. The van der Waals surface area contributed by atoms with E-state index in [1.165, 1.54) is 0 Å². The first-order chi connectivity index (χ1) is 17.8. The van der Waals surface area contributed by atoms with Gasteiger partial charge in [0.15, 0.2) is 5.96 Å². The van der Waals surface area contributed by atoms with E-state index >= 15 is 0 Å². The Morgan fingerprint density at radius 3 is 1.82 bits per heavy atom. The third kappa shape index (κ3) is 15.2. The summed E-state index contributed by atoms with van der Waals surface area (Å²) in [7, 11) is 0. The summed E-state index contributed by atoms with van der Waals surface area (Å²) < 4.78 is 0.